The fraction of sp³-hybridized carbons (Fsp3) is 0.533. The van der Waals surface area contributed by atoms with Crippen molar-refractivity contribution in [2.75, 3.05) is 13.1 Å². The Labute approximate surface area is 120 Å². The number of nitrogens with one attached hydrogen (secondary N) is 1. The Morgan fingerprint density at radius 1 is 1.38 bits per heavy atom. The summed E-state index contributed by atoms with van der Waals surface area (Å²) in [7, 11) is 0. The van der Waals surface area contributed by atoms with Gasteiger partial charge in [-0.25, -0.2) is 4.39 Å². The van der Waals surface area contributed by atoms with Crippen LogP contribution < -0.4 is 5.32 Å². The summed E-state index contributed by atoms with van der Waals surface area (Å²) >= 11 is 0. The van der Waals surface area contributed by atoms with Gasteiger partial charge in [0.05, 0.1) is 5.56 Å². The SMILES string of the molecule is CCC1(C(=O)c2ccc(F)c(C(F)(F)F)c2)CCCNC1. The van der Waals surface area contributed by atoms with Crippen molar-refractivity contribution in [2.24, 2.45) is 5.41 Å². The van der Waals surface area contributed by atoms with Crippen molar-refractivity contribution in [3.8, 4) is 0 Å². The Bertz CT molecular complexity index is 533. The number of rotatable bonds is 3. The molecule has 0 spiro atoms. The normalized spacial score (nSPS) is 23.1. The maximum atomic E-state index is 13.3. The summed E-state index contributed by atoms with van der Waals surface area (Å²) in [4.78, 5) is 12.6. The van der Waals surface area contributed by atoms with Crippen molar-refractivity contribution in [1.29, 1.82) is 0 Å². The van der Waals surface area contributed by atoms with Gasteiger partial charge < -0.3 is 5.32 Å². The molecule has 1 aromatic rings. The maximum absolute atomic E-state index is 13.3. The van der Waals surface area contributed by atoms with E-state index in [-0.39, 0.29) is 11.3 Å². The van der Waals surface area contributed by atoms with Gasteiger partial charge >= 0.3 is 6.18 Å². The summed E-state index contributed by atoms with van der Waals surface area (Å²) in [5.41, 5.74) is -2.16. The van der Waals surface area contributed by atoms with Gasteiger partial charge in [-0.15, -0.1) is 0 Å². The van der Waals surface area contributed by atoms with E-state index in [1.165, 1.54) is 0 Å². The molecule has 0 aromatic heterocycles. The van der Waals surface area contributed by atoms with Gasteiger partial charge in [0, 0.05) is 17.5 Å². The predicted octanol–water partition coefficient (Wildman–Crippen LogP) is 3.81. The second-order valence-electron chi connectivity index (χ2n) is 5.44. The Balaban J connectivity index is 2.39. The predicted molar refractivity (Wildman–Crippen MR) is 70.6 cm³/mol. The molecule has 1 saturated heterocycles. The van der Waals surface area contributed by atoms with Crippen molar-refractivity contribution in [1.82, 2.24) is 5.32 Å². The first-order valence-electron chi connectivity index (χ1n) is 6.92. The summed E-state index contributed by atoms with van der Waals surface area (Å²) in [6.45, 7) is 3.09. The molecule has 21 heavy (non-hydrogen) atoms. The Morgan fingerprint density at radius 2 is 2.10 bits per heavy atom. The quantitative estimate of drug-likeness (QED) is 0.679. The summed E-state index contributed by atoms with van der Waals surface area (Å²) < 4.78 is 51.5. The van der Waals surface area contributed by atoms with Crippen LogP contribution in [0.25, 0.3) is 0 Å². The Kier molecular flexibility index (Phi) is 4.37. The average Bonchev–Trinajstić information content (AvgIpc) is 2.46. The molecule has 1 aliphatic rings. The lowest BCUT2D eigenvalue weighted by molar-refractivity contribution is -0.140. The van der Waals surface area contributed by atoms with Crippen LogP contribution in [0.5, 0.6) is 0 Å². The molecule has 0 radical (unpaired) electrons. The van der Waals surface area contributed by atoms with Crippen LogP contribution in [0, 0.1) is 11.2 Å². The number of alkyl halides is 3. The number of halogens is 4. The monoisotopic (exact) mass is 303 g/mol. The molecule has 0 saturated carbocycles. The van der Waals surface area contributed by atoms with Gasteiger partial charge in [0.2, 0.25) is 0 Å². The van der Waals surface area contributed by atoms with Gasteiger partial charge in [-0.2, -0.15) is 13.2 Å². The van der Waals surface area contributed by atoms with E-state index in [1.54, 1.807) is 0 Å². The highest BCUT2D eigenvalue weighted by Crippen LogP contribution is 2.36. The van der Waals surface area contributed by atoms with E-state index in [2.05, 4.69) is 5.32 Å². The van der Waals surface area contributed by atoms with Crippen molar-refractivity contribution in [3.63, 3.8) is 0 Å². The zero-order valence-corrected chi connectivity index (χ0v) is 11.7. The fourth-order valence-electron chi connectivity index (χ4n) is 2.81. The minimum atomic E-state index is -4.80. The van der Waals surface area contributed by atoms with Crippen molar-refractivity contribution < 1.29 is 22.4 Å². The molecule has 1 atom stereocenters. The van der Waals surface area contributed by atoms with Crippen LogP contribution in [0.1, 0.15) is 42.1 Å². The summed E-state index contributed by atoms with van der Waals surface area (Å²) in [5.74, 6) is -1.70. The number of carbonyl (C=O) groups excluding carboxylic acids is 1. The number of hydrogen-bond donors (Lipinski definition) is 1. The van der Waals surface area contributed by atoms with Crippen LogP contribution >= 0.6 is 0 Å². The molecule has 6 heteroatoms. The maximum Gasteiger partial charge on any atom is 0.419 e. The minimum Gasteiger partial charge on any atom is -0.316 e. The van der Waals surface area contributed by atoms with Gasteiger partial charge in [0.25, 0.3) is 0 Å². The first-order valence-corrected chi connectivity index (χ1v) is 6.92. The first-order chi connectivity index (χ1) is 9.80. The zero-order chi connectivity index (χ0) is 15.7. The third-order valence-corrected chi connectivity index (χ3v) is 4.16. The van der Waals surface area contributed by atoms with Crippen molar-refractivity contribution in [2.45, 2.75) is 32.4 Å². The van der Waals surface area contributed by atoms with Crippen LogP contribution in [0.15, 0.2) is 18.2 Å². The van der Waals surface area contributed by atoms with Gasteiger partial charge in [-0.3, -0.25) is 4.79 Å². The molecule has 1 fully saturated rings. The third-order valence-electron chi connectivity index (χ3n) is 4.16. The molecule has 2 rings (SSSR count). The lowest BCUT2D eigenvalue weighted by atomic mass is 9.72. The number of benzene rings is 1. The number of ketones is 1. The number of piperidine rings is 1. The van der Waals surface area contributed by atoms with Gasteiger partial charge in [0.15, 0.2) is 5.78 Å². The lowest BCUT2D eigenvalue weighted by Crippen LogP contribution is -2.45. The van der Waals surface area contributed by atoms with Crippen molar-refractivity contribution >= 4 is 5.78 Å². The summed E-state index contributed by atoms with van der Waals surface area (Å²) in [5, 5.41) is 3.12. The number of carbonyl (C=O) groups is 1. The van der Waals surface area contributed by atoms with Gasteiger partial charge in [-0.1, -0.05) is 6.92 Å². The largest absolute Gasteiger partial charge is 0.419 e. The van der Waals surface area contributed by atoms with Gasteiger partial charge in [-0.05, 0) is 44.0 Å². The molecule has 0 bridgehead atoms. The second kappa shape index (κ2) is 5.75. The van der Waals surface area contributed by atoms with Crippen LogP contribution in [-0.2, 0) is 6.18 Å². The number of Topliss-reactive ketones (excluding diaryl/α,β-unsaturated/α-hetero) is 1. The zero-order valence-electron chi connectivity index (χ0n) is 11.7. The molecule has 0 aliphatic carbocycles. The van der Waals surface area contributed by atoms with E-state index in [4.69, 9.17) is 0 Å². The van der Waals surface area contributed by atoms with E-state index in [0.717, 1.165) is 25.1 Å². The first kappa shape index (κ1) is 15.9. The molecule has 1 aliphatic heterocycles. The van der Waals surface area contributed by atoms with Gasteiger partial charge in [0.1, 0.15) is 5.82 Å². The fourth-order valence-corrected chi connectivity index (χ4v) is 2.81. The van der Waals surface area contributed by atoms with E-state index >= 15 is 0 Å². The third kappa shape index (κ3) is 3.10. The van der Waals surface area contributed by atoms with Crippen LogP contribution in [0.3, 0.4) is 0 Å². The highest BCUT2D eigenvalue weighted by molar-refractivity contribution is 6.01. The molecule has 0 amide bonds. The van der Waals surface area contributed by atoms with E-state index in [0.29, 0.717) is 25.5 Å². The Hall–Kier alpha value is -1.43. The molecular formula is C15H17F4NO. The van der Waals surface area contributed by atoms with Crippen LogP contribution in [0.2, 0.25) is 0 Å². The topological polar surface area (TPSA) is 29.1 Å². The molecular weight excluding hydrogens is 286 g/mol. The molecule has 1 unspecified atom stereocenters. The van der Waals surface area contributed by atoms with E-state index in [1.807, 2.05) is 6.92 Å². The molecule has 2 nitrogen and oxygen atoms in total. The van der Waals surface area contributed by atoms with Crippen LogP contribution in [0.4, 0.5) is 17.6 Å². The van der Waals surface area contributed by atoms with E-state index < -0.39 is 23.0 Å². The highest BCUT2D eigenvalue weighted by atomic mass is 19.4. The van der Waals surface area contributed by atoms with Crippen molar-refractivity contribution in [3.05, 3.63) is 35.1 Å². The standard InChI is InChI=1S/C15H17F4NO/c1-2-14(6-3-7-20-9-14)13(21)10-4-5-12(16)11(8-10)15(17,18)19/h4-5,8,20H,2-3,6-7,9H2,1H3. The molecule has 1 heterocycles. The highest BCUT2D eigenvalue weighted by Gasteiger charge is 2.40. The summed E-state index contributed by atoms with van der Waals surface area (Å²) in [6.07, 6.45) is -2.83. The van der Waals surface area contributed by atoms with E-state index in [9.17, 15) is 22.4 Å². The van der Waals surface area contributed by atoms with Crippen LogP contribution in [-0.4, -0.2) is 18.9 Å². The Morgan fingerprint density at radius 3 is 2.62 bits per heavy atom. The smallest absolute Gasteiger partial charge is 0.316 e. The molecule has 1 N–H and O–H groups in total. The lowest BCUT2D eigenvalue weighted by Gasteiger charge is -2.35. The summed E-state index contributed by atoms with van der Waals surface area (Å²) in [6, 6.07) is 2.48. The average molecular weight is 303 g/mol. The minimum absolute atomic E-state index is 0.0747. The molecule has 1 aromatic carbocycles. The second-order valence-corrected chi connectivity index (χ2v) is 5.44. The number of hydrogen-bond acceptors (Lipinski definition) is 2. The molecule has 116 valence electrons.